The second kappa shape index (κ2) is 11.9. The Balaban J connectivity index is 1.22. The Morgan fingerprint density at radius 2 is 1.41 bits per heavy atom. The molecule has 1 saturated heterocycles. The van der Waals surface area contributed by atoms with Crippen molar-refractivity contribution < 1.29 is 9.53 Å². The lowest BCUT2D eigenvalue weighted by atomic mass is 10.0. The van der Waals surface area contributed by atoms with Gasteiger partial charge in [0, 0.05) is 38.4 Å². The van der Waals surface area contributed by atoms with Crippen LogP contribution >= 0.6 is 0 Å². The van der Waals surface area contributed by atoms with E-state index in [1.807, 2.05) is 31.2 Å². The third-order valence-corrected chi connectivity index (χ3v) is 6.61. The van der Waals surface area contributed by atoms with Gasteiger partial charge in [-0.1, -0.05) is 72.8 Å². The van der Waals surface area contributed by atoms with E-state index in [1.54, 1.807) is 0 Å². The van der Waals surface area contributed by atoms with Crippen LogP contribution in [0, 0.1) is 13.8 Å². The summed E-state index contributed by atoms with van der Waals surface area (Å²) in [5.74, 6) is 0.0547. The van der Waals surface area contributed by atoms with Crippen LogP contribution in [0.2, 0.25) is 0 Å². The van der Waals surface area contributed by atoms with E-state index in [-0.39, 0.29) is 12.0 Å². The average molecular weight is 458 g/mol. The quantitative estimate of drug-likeness (QED) is 0.507. The Labute approximate surface area is 203 Å². The van der Waals surface area contributed by atoms with Crippen molar-refractivity contribution >= 4 is 11.6 Å². The van der Waals surface area contributed by atoms with Gasteiger partial charge in [-0.15, -0.1) is 0 Å². The highest BCUT2D eigenvalue weighted by molar-refractivity contribution is 5.93. The molecule has 1 aliphatic heterocycles. The van der Waals surface area contributed by atoms with Crippen LogP contribution in [0.4, 0.5) is 5.69 Å². The normalized spacial score (nSPS) is 14.9. The fraction of sp³-hybridized carbons (Fsp3) is 0.345. The lowest BCUT2D eigenvalue weighted by Crippen LogP contribution is -2.49. The number of nitrogens with one attached hydrogen (secondary N) is 1. The molecule has 3 aromatic carbocycles. The van der Waals surface area contributed by atoms with Gasteiger partial charge in [0.05, 0.1) is 13.2 Å². The number of hydrogen-bond donors (Lipinski definition) is 1. The number of rotatable bonds is 9. The molecule has 0 aliphatic carbocycles. The molecule has 5 heteroatoms. The van der Waals surface area contributed by atoms with Gasteiger partial charge < -0.3 is 10.1 Å². The Kier molecular flexibility index (Phi) is 8.47. The fourth-order valence-electron chi connectivity index (χ4n) is 4.39. The number of carbonyl (C=O) groups is 1. The maximum atomic E-state index is 12.6. The summed E-state index contributed by atoms with van der Waals surface area (Å²) in [6, 6.07) is 26.8. The summed E-state index contributed by atoms with van der Waals surface area (Å²) in [5, 5.41) is 3.07. The van der Waals surface area contributed by atoms with Crippen molar-refractivity contribution in [1.29, 1.82) is 0 Å². The number of benzene rings is 3. The number of carbonyl (C=O) groups excluding carboxylic acids is 1. The average Bonchev–Trinajstić information content (AvgIpc) is 2.87. The number of amides is 1. The zero-order valence-corrected chi connectivity index (χ0v) is 20.2. The maximum Gasteiger partial charge on any atom is 0.238 e. The minimum Gasteiger partial charge on any atom is -0.367 e. The number of nitrogens with zero attached hydrogens (tertiary/aromatic N) is 2. The highest BCUT2D eigenvalue weighted by Gasteiger charge is 2.20. The molecule has 0 radical (unpaired) electrons. The summed E-state index contributed by atoms with van der Waals surface area (Å²) in [5.41, 5.74) is 5.58. The van der Waals surface area contributed by atoms with E-state index in [9.17, 15) is 4.79 Å². The third-order valence-electron chi connectivity index (χ3n) is 6.61. The molecule has 5 nitrogen and oxygen atoms in total. The van der Waals surface area contributed by atoms with Crippen LogP contribution in [-0.4, -0.2) is 61.6 Å². The van der Waals surface area contributed by atoms with E-state index < -0.39 is 0 Å². The van der Waals surface area contributed by atoms with Crippen molar-refractivity contribution in [3.8, 4) is 0 Å². The largest absolute Gasteiger partial charge is 0.367 e. The zero-order chi connectivity index (χ0) is 23.8. The van der Waals surface area contributed by atoms with E-state index >= 15 is 0 Å². The third kappa shape index (κ3) is 6.54. The first-order valence-corrected chi connectivity index (χ1v) is 12.1. The summed E-state index contributed by atoms with van der Waals surface area (Å²) in [6.45, 7) is 9.77. The topological polar surface area (TPSA) is 44.8 Å². The minimum atomic E-state index is -0.0579. The molecule has 1 amide bonds. The van der Waals surface area contributed by atoms with Crippen molar-refractivity contribution in [1.82, 2.24) is 9.80 Å². The first-order chi connectivity index (χ1) is 16.6. The van der Waals surface area contributed by atoms with Gasteiger partial charge in [-0.3, -0.25) is 14.6 Å². The Morgan fingerprint density at radius 3 is 2.03 bits per heavy atom. The molecule has 3 aromatic rings. The van der Waals surface area contributed by atoms with Crippen LogP contribution in [0.3, 0.4) is 0 Å². The molecule has 0 saturated carbocycles. The summed E-state index contributed by atoms with van der Waals surface area (Å²) in [7, 11) is 0. The van der Waals surface area contributed by atoms with Gasteiger partial charge >= 0.3 is 0 Å². The molecule has 1 fully saturated rings. The van der Waals surface area contributed by atoms with Crippen LogP contribution in [0.1, 0.15) is 28.4 Å². The second-order valence-electron chi connectivity index (χ2n) is 8.99. The van der Waals surface area contributed by atoms with Gasteiger partial charge in [0.15, 0.2) is 0 Å². The highest BCUT2D eigenvalue weighted by atomic mass is 16.5. The summed E-state index contributed by atoms with van der Waals surface area (Å²) < 4.78 is 6.38. The molecule has 4 rings (SSSR count). The first-order valence-electron chi connectivity index (χ1n) is 12.1. The van der Waals surface area contributed by atoms with E-state index in [1.165, 1.54) is 16.7 Å². The monoisotopic (exact) mass is 457 g/mol. The smallest absolute Gasteiger partial charge is 0.238 e. The standard InChI is InChI=1S/C29H35N3O2/c1-23-10-9-15-27(24(23)2)30-28(33)22-32-18-16-31(17-19-32)20-21-34-29(25-11-5-3-6-12-25)26-13-7-4-8-14-26/h3-15,29H,16-22H2,1-2H3,(H,30,33). The highest BCUT2D eigenvalue weighted by Crippen LogP contribution is 2.25. The summed E-state index contributed by atoms with van der Waals surface area (Å²) in [4.78, 5) is 17.2. The van der Waals surface area contributed by atoms with Gasteiger partial charge in [-0.2, -0.15) is 0 Å². The van der Waals surface area contributed by atoms with Crippen molar-refractivity contribution in [3.05, 3.63) is 101 Å². The predicted molar refractivity (Wildman–Crippen MR) is 138 cm³/mol. The lowest BCUT2D eigenvalue weighted by molar-refractivity contribution is -0.117. The molecule has 34 heavy (non-hydrogen) atoms. The summed E-state index contributed by atoms with van der Waals surface area (Å²) in [6.07, 6.45) is -0.0579. The fourth-order valence-corrected chi connectivity index (χ4v) is 4.39. The molecule has 1 aliphatic rings. The van der Waals surface area contributed by atoms with Gasteiger partial charge in [0.2, 0.25) is 5.91 Å². The van der Waals surface area contributed by atoms with Crippen LogP contribution in [0.5, 0.6) is 0 Å². The van der Waals surface area contributed by atoms with Crippen LogP contribution in [0.15, 0.2) is 78.9 Å². The Morgan fingerprint density at radius 1 is 0.824 bits per heavy atom. The van der Waals surface area contributed by atoms with E-state index in [4.69, 9.17) is 4.74 Å². The molecule has 0 atom stereocenters. The molecular weight excluding hydrogens is 422 g/mol. The Bertz CT molecular complexity index is 1010. The number of ether oxygens (including phenoxy) is 1. The predicted octanol–water partition coefficient (Wildman–Crippen LogP) is 4.67. The first kappa shape index (κ1) is 24.1. The van der Waals surface area contributed by atoms with Crippen molar-refractivity contribution in [2.45, 2.75) is 20.0 Å². The van der Waals surface area contributed by atoms with Gasteiger partial charge in [0.25, 0.3) is 0 Å². The van der Waals surface area contributed by atoms with E-state index in [0.29, 0.717) is 13.2 Å². The number of piperazine rings is 1. The van der Waals surface area contributed by atoms with E-state index in [2.05, 4.69) is 76.6 Å². The van der Waals surface area contributed by atoms with Crippen LogP contribution < -0.4 is 5.32 Å². The van der Waals surface area contributed by atoms with Gasteiger partial charge in [-0.25, -0.2) is 0 Å². The molecule has 178 valence electrons. The Hall–Kier alpha value is -2.99. The second-order valence-corrected chi connectivity index (χ2v) is 8.99. The molecular formula is C29H35N3O2. The van der Waals surface area contributed by atoms with Crippen molar-refractivity contribution in [3.63, 3.8) is 0 Å². The SMILES string of the molecule is Cc1cccc(NC(=O)CN2CCN(CCOC(c3ccccc3)c3ccccc3)CC2)c1C. The molecule has 1 N–H and O–H groups in total. The number of anilines is 1. The molecule has 0 spiro atoms. The van der Waals surface area contributed by atoms with Gasteiger partial charge in [0.1, 0.15) is 6.10 Å². The minimum absolute atomic E-state index is 0.0547. The number of hydrogen-bond acceptors (Lipinski definition) is 4. The summed E-state index contributed by atoms with van der Waals surface area (Å²) >= 11 is 0. The molecule has 1 heterocycles. The number of aryl methyl sites for hydroxylation is 1. The van der Waals surface area contributed by atoms with Crippen LogP contribution in [0.25, 0.3) is 0 Å². The van der Waals surface area contributed by atoms with Crippen molar-refractivity contribution in [2.24, 2.45) is 0 Å². The van der Waals surface area contributed by atoms with Crippen molar-refractivity contribution in [2.75, 3.05) is 51.2 Å². The van der Waals surface area contributed by atoms with Crippen LogP contribution in [-0.2, 0) is 9.53 Å². The lowest BCUT2D eigenvalue weighted by Gasteiger charge is -2.34. The molecule has 0 aromatic heterocycles. The molecule has 0 unspecified atom stereocenters. The zero-order valence-electron chi connectivity index (χ0n) is 20.2. The van der Waals surface area contributed by atoms with Gasteiger partial charge in [-0.05, 0) is 42.2 Å². The molecule has 0 bridgehead atoms. The maximum absolute atomic E-state index is 12.6. The van der Waals surface area contributed by atoms with E-state index in [0.717, 1.165) is 44.0 Å².